The number of pyridine rings is 1. The van der Waals surface area contributed by atoms with Crippen LogP contribution in [0.3, 0.4) is 0 Å². The number of carbonyl (C=O) groups excluding carboxylic acids is 1. The molecular formula is C13H17N5O. The lowest BCUT2D eigenvalue weighted by molar-refractivity contribution is -0.121. The number of carbonyl (C=O) groups is 1. The Morgan fingerprint density at radius 2 is 2.21 bits per heavy atom. The quantitative estimate of drug-likeness (QED) is 0.815. The second kappa shape index (κ2) is 6.16. The molecule has 2 heterocycles. The van der Waals surface area contributed by atoms with Crippen LogP contribution in [0, 0.1) is 11.3 Å². The number of amides is 1. The van der Waals surface area contributed by atoms with Crippen LogP contribution in [0.1, 0.15) is 5.56 Å². The molecule has 0 radical (unpaired) electrons. The smallest absolute Gasteiger partial charge is 0.233 e. The van der Waals surface area contributed by atoms with Crippen LogP contribution in [-0.2, 0) is 4.79 Å². The number of hydrogen-bond acceptors (Lipinski definition) is 5. The van der Waals surface area contributed by atoms with E-state index in [2.05, 4.69) is 26.2 Å². The van der Waals surface area contributed by atoms with Gasteiger partial charge >= 0.3 is 0 Å². The van der Waals surface area contributed by atoms with Crippen molar-refractivity contribution in [2.75, 3.05) is 44.7 Å². The Morgan fingerprint density at radius 1 is 1.47 bits per heavy atom. The van der Waals surface area contributed by atoms with Crippen molar-refractivity contribution in [3.8, 4) is 6.07 Å². The number of nitrogens with zero attached hydrogens (tertiary/aromatic N) is 4. The molecule has 1 fully saturated rings. The predicted octanol–water partition coefficient (Wildman–Crippen LogP) is -0.179. The average molecular weight is 259 g/mol. The van der Waals surface area contributed by atoms with Gasteiger partial charge < -0.3 is 10.2 Å². The molecule has 1 N–H and O–H groups in total. The number of aromatic nitrogens is 1. The fourth-order valence-corrected chi connectivity index (χ4v) is 2.08. The second-order valence-corrected chi connectivity index (χ2v) is 4.45. The van der Waals surface area contributed by atoms with E-state index < -0.39 is 0 Å². The summed E-state index contributed by atoms with van der Waals surface area (Å²) in [7, 11) is 1.65. The first-order chi connectivity index (χ1) is 9.22. The minimum atomic E-state index is 0.0399. The summed E-state index contributed by atoms with van der Waals surface area (Å²) in [6.45, 7) is 3.73. The monoisotopic (exact) mass is 259 g/mol. The summed E-state index contributed by atoms with van der Waals surface area (Å²) < 4.78 is 0. The van der Waals surface area contributed by atoms with Gasteiger partial charge in [0.15, 0.2) is 0 Å². The second-order valence-electron chi connectivity index (χ2n) is 4.45. The normalized spacial score (nSPS) is 15.9. The largest absolute Gasteiger partial charge is 0.358 e. The van der Waals surface area contributed by atoms with E-state index in [1.54, 1.807) is 25.4 Å². The van der Waals surface area contributed by atoms with Gasteiger partial charge in [-0.15, -0.1) is 0 Å². The molecule has 1 amide bonds. The van der Waals surface area contributed by atoms with E-state index in [0.717, 1.165) is 32.0 Å². The Kier molecular flexibility index (Phi) is 4.31. The van der Waals surface area contributed by atoms with Crippen LogP contribution in [0.2, 0.25) is 0 Å². The van der Waals surface area contributed by atoms with Gasteiger partial charge in [0.2, 0.25) is 5.91 Å². The lowest BCUT2D eigenvalue weighted by Crippen LogP contribution is -2.49. The van der Waals surface area contributed by atoms with E-state index in [1.807, 2.05) is 0 Å². The van der Waals surface area contributed by atoms with Gasteiger partial charge in [0.1, 0.15) is 5.82 Å². The average Bonchev–Trinajstić information content (AvgIpc) is 2.48. The van der Waals surface area contributed by atoms with Gasteiger partial charge in [-0.2, -0.15) is 5.26 Å². The highest BCUT2D eigenvalue weighted by molar-refractivity contribution is 5.77. The van der Waals surface area contributed by atoms with E-state index in [9.17, 15) is 4.79 Å². The third-order valence-corrected chi connectivity index (χ3v) is 3.22. The molecule has 1 aliphatic rings. The third kappa shape index (κ3) is 3.42. The van der Waals surface area contributed by atoms with Crippen LogP contribution in [-0.4, -0.2) is 55.6 Å². The molecule has 1 saturated heterocycles. The van der Waals surface area contributed by atoms with Gasteiger partial charge in [-0.3, -0.25) is 9.69 Å². The molecule has 1 aromatic rings. The number of hydrogen-bond donors (Lipinski definition) is 1. The fourth-order valence-electron chi connectivity index (χ4n) is 2.08. The predicted molar refractivity (Wildman–Crippen MR) is 71.7 cm³/mol. The number of piperazine rings is 1. The molecule has 1 aliphatic heterocycles. The molecule has 1 aromatic heterocycles. The highest BCUT2D eigenvalue weighted by Gasteiger charge is 2.19. The SMILES string of the molecule is CNC(=O)CN1CCN(c2cc(C#N)ccn2)CC1. The van der Waals surface area contributed by atoms with Crippen LogP contribution in [0.25, 0.3) is 0 Å². The number of anilines is 1. The first-order valence-corrected chi connectivity index (χ1v) is 6.27. The summed E-state index contributed by atoms with van der Waals surface area (Å²) in [4.78, 5) is 19.8. The van der Waals surface area contributed by atoms with Crippen LogP contribution in [0.4, 0.5) is 5.82 Å². The molecular weight excluding hydrogens is 242 g/mol. The Labute approximate surface area is 112 Å². The van der Waals surface area contributed by atoms with Gasteiger partial charge in [-0.25, -0.2) is 4.98 Å². The lowest BCUT2D eigenvalue weighted by Gasteiger charge is -2.34. The Balaban J connectivity index is 1.92. The van der Waals surface area contributed by atoms with E-state index in [-0.39, 0.29) is 5.91 Å². The van der Waals surface area contributed by atoms with E-state index >= 15 is 0 Å². The van der Waals surface area contributed by atoms with Crippen molar-refractivity contribution in [2.45, 2.75) is 0 Å². The maximum Gasteiger partial charge on any atom is 0.233 e. The molecule has 6 heteroatoms. The molecule has 19 heavy (non-hydrogen) atoms. The summed E-state index contributed by atoms with van der Waals surface area (Å²) in [5.74, 6) is 0.872. The topological polar surface area (TPSA) is 72.3 Å². The minimum absolute atomic E-state index is 0.0399. The highest BCUT2D eigenvalue weighted by atomic mass is 16.1. The first-order valence-electron chi connectivity index (χ1n) is 6.27. The maximum atomic E-state index is 11.3. The van der Waals surface area contributed by atoms with Crippen molar-refractivity contribution in [3.63, 3.8) is 0 Å². The van der Waals surface area contributed by atoms with Crippen LogP contribution in [0.15, 0.2) is 18.3 Å². The molecule has 2 rings (SSSR count). The van der Waals surface area contributed by atoms with Gasteiger partial charge in [-0.1, -0.05) is 0 Å². The van der Waals surface area contributed by atoms with Crippen molar-refractivity contribution in [1.29, 1.82) is 5.26 Å². The van der Waals surface area contributed by atoms with E-state index in [4.69, 9.17) is 5.26 Å². The maximum absolute atomic E-state index is 11.3. The molecule has 0 aromatic carbocycles. The van der Waals surface area contributed by atoms with Gasteiger partial charge in [0.05, 0.1) is 18.2 Å². The third-order valence-electron chi connectivity index (χ3n) is 3.22. The van der Waals surface area contributed by atoms with Gasteiger partial charge in [-0.05, 0) is 12.1 Å². The van der Waals surface area contributed by atoms with Crippen molar-refractivity contribution < 1.29 is 4.79 Å². The van der Waals surface area contributed by atoms with Crippen LogP contribution >= 0.6 is 0 Å². The Morgan fingerprint density at radius 3 is 2.84 bits per heavy atom. The zero-order valence-corrected chi connectivity index (χ0v) is 11.0. The number of nitriles is 1. The Hall–Kier alpha value is -2.13. The van der Waals surface area contributed by atoms with Crippen molar-refractivity contribution in [1.82, 2.24) is 15.2 Å². The van der Waals surface area contributed by atoms with Crippen molar-refractivity contribution in [2.24, 2.45) is 0 Å². The molecule has 6 nitrogen and oxygen atoms in total. The molecule has 0 saturated carbocycles. The Bertz CT molecular complexity index is 488. The summed E-state index contributed by atoms with van der Waals surface area (Å²) in [5.41, 5.74) is 0.623. The molecule has 0 spiro atoms. The molecule has 0 bridgehead atoms. The summed E-state index contributed by atoms with van der Waals surface area (Å²) >= 11 is 0. The zero-order chi connectivity index (χ0) is 13.7. The van der Waals surface area contributed by atoms with Crippen molar-refractivity contribution >= 4 is 11.7 Å². The van der Waals surface area contributed by atoms with Gasteiger partial charge in [0.25, 0.3) is 0 Å². The molecule has 0 unspecified atom stereocenters. The fraction of sp³-hybridized carbons (Fsp3) is 0.462. The minimum Gasteiger partial charge on any atom is -0.358 e. The molecule has 0 atom stereocenters. The number of nitrogens with one attached hydrogen (secondary N) is 1. The first kappa shape index (κ1) is 13.3. The van der Waals surface area contributed by atoms with E-state index in [0.29, 0.717) is 12.1 Å². The molecule has 0 aliphatic carbocycles. The summed E-state index contributed by atoms with van der Waals surface area (Å²) in [6, 6.07) is 5.62. The zero-order valence-electron chi connectivity index (χ0n) is 11.0. The number of rotatable bonds is 3. The number of likely N-dealkylation sites (N-methyl/N-ethyl adjacent to an activating group) is 1. The van der Waals surface area contributed by atoms with Crippen LogP contribution in [0.5, 0.6) is 0 Å². The molecule has 100 valence electrons. The standard InChI is InChI=1S/C13H17N5O/c1-15-13(19)10-17-4-6-18(7-5-17)12-8-11(9-14)2-3-16-12/h2-3,8H,4-7,10H2,1H3,(H,15,19). The summed E-state index contributed by atoms with van der Waals surface area (Å²) in [5, 5.41) is 11.5. The lowest BCUT2D eigenvalue weighted by atomic mass is 10.2. The highest BCUT2D eigenvalue weighted by Crippen LogP contribution is 2.14. The van der Waals surface area contributed by atoms with Crippen LogP contribution < -0.4 is 10.2 Å². The van der Waals surface area contributed by atoms with Crippen molar-refractivity contribution in [3.05, 3.63) is 23.9 Å². The van der Waals surface area contributed by atoms with Gasteiger partial charge in [0, 0.05) is 39.4 Å². The summed E-state index contributed by atoms with van der Waals surface area (Å²) in [6.07, 6.45) is 1.66. The van der Waals surface area contributed by atoms with E-state index in [1.165, 1.54) is 0 Å².